The Balaban J connectivity index is 1.47. The summed E-state index contributed by atoms with van der Waals surface area (Å²) >= 11 is 1.78. The van der Waals surface area contributed by atoms with Crippen LogP contribution in [0.4, 0.5) is 0 Å². The number of nitrogens with one attached hydrogen (secondary N) is 1. The lowest BCUT2D eigenvalue weighted by molar-refractivity contribution is 0.0403. The molecule has 1 aromatic rings. The molecule has 0 bridgehead atoms. The van der Waals surface area contributed by atoms with E-state index in [-0.39, 0.29) is 0 Å². The summed E-state index contributed by atoms with van der Waals surface area (Å²) in [7, 11) is 2.21. The summed E-state index contributed by atoms with van der Waals surface area (Å²) in [4.78, 5) is 7.15. The molecule has 19 heavy (non-hydrogen) atoms. The lowest BCUT2D eigenvalue weighted by Crippen LogP contribution is -2.36. The van der Waals surface area contributed by atoms with Crippen LogP contribution in [0.1, 0.15) is 36.4 Å². The fourth-order valence-electron chi connectivity index (χ4n) is 2.53. The maximum Gasteiger partial charge on any atom is 0.107 e. The van der Waals surface area contributed by atoms with E-state index < -0.39 is 0 Å². The highest BCUT2D eigenvalue weighted by atomic mass is 32.1. The zero-order valence-electron chi connectivity index (χ0n) is 11.6. The van der Waals surface area contributed by atoms with Crippen molar-refractivity contribution >= 4 is 11.3 Å². The van der Waals surface area contributed by atoms with Gasteiger partial charge >= 0.3 is 0 Å². The van der Waals surface area contributed by atoms with Crippen molar-refractivity contribution in [2.24, 2.45) is 0 Å². The molecule has 5 heteroatoms. The van der Waals surface area contributed by atoms with Gasteiger partial charge in [0.25, 0.3) is 0 Å². The van der Waals surface area contributed by atoms with E-state index >= 15 is 0 Å². The van der Waals surface area contributed by atoms with E-state index in [1.165, 1.54) is 23.5 Å². The molecule has 1 aromatic heterocycles. The van der Waals surface area contributed by atoms with Gasteiger partial charge in [0.1, 0.15) is 5.01 Å². The first-order valence-corrected chi connectivity index (χ1v) is 8.14. The van der Waals surface area contributed by atoms with Gasteiger partial charge in [-0.15, -0.1) is 11.3 Å². The lowest BCUT2D eigenvalue weighted by Gasteiger charge is -2.30. The maximum atomic E-state index is 5.42. The summed E-state index contributed by atoms with van der Waals surface area (Å²) in [6, 6.07) is 1.42. The molecule has 106 valence electrons. The Labute approximate surface area is 119 Å². The van der Waals surface area contributed by atoms with Crippen molar-refractivity contribution < 1.29 is 4.74 Å². The van der Waals surface area contributed by atoms with Crippen LogP contribution < -0.4 is 5.32 Å². The Bertz CT molecular complexity index is 399. The quantitative estimate of drug-likeness (QED) is 0.865. The summed E-state index contributed by atoms with van der Waals surface area (Å²) in [5.74, 6) is 0. The van der Waals surface area contributed by atoms with Crippen LogP contribution in [0.2, 0.25) is 0 Å². The van der Waals surface area contributed by atoms with Crippen molar-refractivity contribution in [1.82, 2.24) is 15.2 Å². The van der Waals surface area contributed by atoms with Crippen LogP contribution in [0.3, 0.4) is 0 Å². The molecular formula is C14H23N3OS. The van der Waals surface area contributed by atoms with E-state index in [9.17, 15) is 0 Å². The van der Waals surface area contributed by atoms with Gasteiger partial charge in [-0.25, -0.2) is 4.98 Å². The number of nitrogens with zero attached hydrogens (tertiary/aromatic N) is 2. The van der Waals surface area contributed by atoms with Crippen molar-refractivity contribution in [2.45, 2.75) is 50.9 Å². The van der Waals surface area contributed by atoms with E-state index in [1.54, 1.807) is 11.3 Å². The Hall–Kier alpha value is -0.490. The van der Waals surface area contributed by atoms with Crippen LogP contribution in [0.25, 0.3) is 0 Å². The fraction of sp³-hybridized carbons (Fsp3) is 0.786. The second-order valence-electron chi connectivity index (χ2n) is 5.65. The van der Waals surface area contributed by atoms with Gasteiger partial charge in [-0.1, -0.05) is 0 Å². The minimum absolute atomic E-state index is 0.656. The van der Waals surface area contributed by atoms with Crippen LogP contribution in [0.5, 0.6) is 0 Å². The predicted molar refractivity (Wildman–Crippen MR) is 77.3 cm³/mol. The highest BCUT2D eigenvalue weighted by Crippen LogP contribution is 2.21. The first-order valence-electron chi connectivity index (χ1n) is 7.26. The summed E-state index contributed by atoms with van der Waals surface area (Å²) in [5, 5.41) is 6.95. The Morgan fingerprint density at radius 2 is 2.16 bits per heavy atom. The number of hydrogen-bond donors (Lipinski definition) is 1. The van der Waals surface area contributed by atoms with Gasteiger partial charge < -0.3 is 10.1 Å². The largest absolute Gasteiger partial charge is 0.381 e. The maximum absolute atomic E-state index is 5.42. The highest BCUT2D eigenvalue weighted by Gasteiger charge is 2.21. The average molecular weight is 281 g/mol. The number of thiazole rings is 1. The molecule has 3 rings (SSSR count). The SMILES string of the molecule is CN(Cc1csc(CNC2CC2)n1)C1CCOCC1. The molecule has 1 saturated carbocycles. The minimum atomic E-state index is 0.656. The molecule has 2 aliphatic rings. The molecule has 1 saturated heterocycles. The summed E-state index contributed by atoms with van der Waals surface area (Å²) in [5.41, 5.74) is 1.21. The van der Waals surface area contributed by atoms with Gasteiger partial charge in [-0.2, -0.15) is 0 Å². The number of hydrogen-bond acceptors (Lipinski definition) is 5. The Morgan fingerprint density at radius 3 is 2.89 bits per heavy atom. The third kappa shape index (κ3) is 3.99. The first kappa shape index (κ1) is 13.5. The van der Waals surface area contributed by atoms with Gasteiger partial charge in [-0.3, -0.25) is 4.90 Å². The summed E-state index contributed by atoms with van der Waals surface area (Å²) < 4.78 is 5.42. The number of aromatic nitrogens is 1. The Morgan fingerprint density at radius 1 is 1.37 bits per heavy atom. The minimum Gasteiger partial charge on any atom is -0.381 e. The van der Waals surface area contributed by atoms with Crippen LogP contribution in [0, 0.1) is 0 Å². The number of ether oxygens (including phenoxy) is 1. The van der Waals surface area contributed by atoms with E-state index in [4.69, 9.17) is 9.72 Å². The molecule has 0 atom stereocenters. The van der Waals surface area contributed by atoms with Crippen molar-refractivity contribution in [3.05, 3.63) is 16.1 Å². The molecule has 4 nitrogen and oxygen atoms in total. The van der Waals surface area contributed by atoms with E-state index in [1.807, 2.05) is 0 Å². The number of rotatable bonds is 6. The van der Waals surface area contributed by atoms with Gasteiger partial charge in [0.15, 0.2) is 0 Å². The van der Waals surface area contributed by atoms with Crippen molar-refractivity contribution in [3.8, 4) is 0 Å². The molecule has 0 amide bonds. The first-order chi connectivity index (χ1) is 9.31. The van der Waals surface area contributed by atoms with Crippen molar-refractivity contribution in [2.75, 3.05) is 20.3 Å². The third-order valence-corrected chi connectivity index (χ3v) is 4.84. The van der Waals surface area contributed by atoms with Crippen LogP contribution in [0.15, 0.2) is 5.38 Å². The van der Waals surface area contributed by atoms with Gasteiger partial charge in [-0.05, 0) is 32.7 Å². The van der Waals surface area contributed by atoms with Gasteiger partial charge in [0.2, 0.25) is 0 Å². The van der Waals surface area contributed by atoms with Crippen LogP contribution in [-0.2, 0) is 17.8 Å². The fourth-order valence-corrected chi connectivity index (χ4v) is 3.27. The van der Waals surface area contributed by atoms with E-state index in [2.05, 4.69) is 22.6 Å². The molecule has 1 aliphatic heterocycles. The molecule has 1 N–H and O–H groups in total. The highest BCUT2D eigenvalue weighted by molar-refractivity contribution is 7.09. The molecule has 0 radical (unpaired) electrons. The normalized spacial score (nSPS) is 21.2. The van der Waals surface area contributed by atoms with Crippen molar-refractivity contribution in [3.63, 3.8) is 0 Å². The molecule has 1 aliphatic carbocycles. The lowest BCUT2D eigenvalue weighted by atomic mass is 10.1. The smallest absolute Gasteiger partial charge is 0.107 e. The molecule has 2 heterocycles. The zero-order chi connectivity index (χ0) is 13.1. The van der Waals surface area contributed by atoms with Crippen LogP contribution >= 0.6 is 11.3 Å². The van der Waals surface area contributed by atoms with E-state index in [0.29, 0.717) is 6.04 Å². The topological polar surface area (TPSA) is 37.4 Å². The molecule has 0 aromatic carbocycles. The third-order valence-electron chi connectivity index (χ3n) is 3.94. The summed E-state index contributed by atoms with van der Waals surface area (Å²) in [6.45, 7) is 3.71. The zero-order valence-corrected chi connectivity index (χ0v) is 12.4. The average Bonchev–Trinajstić information content (AvgIpc) is 3.17. The van der Waals surface area contributed by atoms with Crippen LogP contribution in [-0.4, -0.2) is 42.2 Å². The second-order valence-corrected chi connectivity index (χ2v) is 6.59. The van der Waals surface area contributed by atoms with Gasteiger partial charge in [0, 0.05) is 43.8 Å². The van der Waals surface area contributed by atoms with Crippen molar-refractivity contribution in [1.29, 1.82) is 0 Å². The summed E-state index contributed by atoms with van der Waals surface area (Å²) in [6.07, 6.45) is 4.98. The van der Waals surface area contributed by atoms with E-state index in [0.717, 1.165) is 45.2 Å². The molecular weight excluding hydrogens is 258 g/mol. The Kier molecular flexibility index (Phi) is 4.48. The second kappa shape index (κ2) is 6.31. The molecule has 0 unspecified atom stereocenters. The van der Waals surface area contributed by atoms with Gasteiger partial charge in [0.05, 0.1) is 5.69 Å². The molecule has 0 spiro atoms. The standard InChI is InChI=1S/C14H23N3OS/c1-17(13-4-6-18-7-5-13)9-12-10-19-14(16-12)8-15-11-2-3-11/h10-11,13,15H,2-9H2,1H3. The predicted octanol–water partition coefficient (Wildman–Crippen LogP) is 2.01. The monoisotopic (exact) mass is 281 g/mol. The molecule has 2 fully saturated rings.